The molecule has 1 aromatic heterocycles. The average molecular weight is 252 g/mol. The number of nitrogens with two attached hydrogens (primary N) is 1. The zero-order valence-electron chi connectivity index (χ0n) is 9.94. The van der Waals surface area contributed by atoms with Crippen LogP contribution in [0, 0.1) is 10.1 Å². The molecule has 7 nitrogen and oxygen atoms in total. The predicted octanol–water partition coefficient (Wildman–Crippen LogP) is 0.924. The van der Waals surface area contributed by atoms with Gasteiger partial charge in [0.05, 0.1) is 5.54 Å². The summed E-state index contributed by atoms with van der Waals surface area (Å²) in [5, 5.41) is 13.4. The monoisotopic (exact) mass is 252 g/mol. The van der Waals surface area contributed by atoms with E-state index in [-0.39, 0.29) is 23.0 Å². The maximum absolute atomic E-state index is 12.0. The van der Waals surface area contributed by atoms with Crippen molar-refractivity contribution >= 4 is 11.7 Å². The number of carbonyl (C=O) groups excluding carboxylic acids is 1. The van der Waals surface area contributed by atoms with Gasteiger partial charge in [-0.3, -0.25) is 4.79 Å². The number of H-pyrrole nitrogens is 1. The van der Waals surface area contributed by atoms with Gasteiger partial charge in [0.25, 0.3) is 5.91 Å². The van der Waals surface area contributed by atoms with E-state index in [1.807, 2.05) is 0 Å². The summed E-state index contributed by atoms with van der Waals surface area (Å²) in [6, 6.07) is 2.69. The van der Waals surface area contributed by atoms with Gasteiger partial charge in [0.1, 0.15) is 0 Å². The molecule has 1 saturated carbocycles. The molecular formula is C11H16N4O3. The smallest absolute Gasteiger partial charge is 0.321 e. The summed E-state index contributed by atoms with van der Waals surface area (Å²) in [5.41, 5.74) is 5.56. The minimum absolute atomic E-state index is 0.187. The lowest BCUT2D eigenvalue weighted by Gasteiger charge is -2.27. The Balaban J connectivity index is 2.09. The van der Waals surface area contributed by atoms with Crippen LogP contribution in [-0.4, -0.2) is 27.9 Å². The number of aromatic amines is 1. The summed E-state index contributed by atoms with van der Waals surface area (Å²) < 4.78 is 0. The van der Waals surface area contributed by atoms with E-state index in [2.05, 4.69) is 10.3 Å². The van der Waals surface area contributed by atoms with Crippen LogP contribution >= 0.6 is 0 Å². The van der Waals surface area contributed by atoms with Crippen LogP contribution in [0.15, 0.2) is 12.1 Å². The lowest BCUT2D eigenvalue weighted by atomic mass is 9.97. The number of carbonyl (C=O) groups is 1. The second kappa shape index (κ2) is 4.77. The molecule has 18 heavy (non-hydrogen) atoms. The molecule has 0 unspecified atom stereocenters. The lowest BCUT2D eigenvalue weighted by molar-refractivity contribution is -0.389. The number of aromatic nitrogens is 1. The van der Waals surface area contributed by atoms with Gasteiger partial charge in [-0.15, -0.1) is 0 Å². The fraction of sp³-hybridized carbons (Fsp3) is 0.545. The third kappa shape index (κ3) is 2.35. The number of hydrogen-bond donors (Lipinski definition) is 3. The van der Waals surface area contributed by atoms with Crippen LogP contribution < -0.4 is 11.1 Å². The van der Waals surface area contributed by atoms with Crippen LogP contribution in [0.25, 0.3) is 0 Å². The van der Waals surface area contributed by atoms with Gasteiger partial charge in [0, 0.05) is 12.6 Å². The summed E-state index contributed by atoms with van der Waals surface area (Å²) in [5.74, 6) is -0.524. The molecule has 1 heterocycles. The Hall–Kier alpha value is -1.89. The van der Waals surface area contributed by atoms with Crippen molar-refractivity contribution in [3.8, 4) is 0 Å². The number of amides is 1. The standard InChI is InChI=1S/C11H16N4O3/c12-7-11(5-1-2-6-11)14-10(16)8-3-4-9(13-8)15(17)18/h3-4,13H,1-2,5-7,12H2,(H,14,16). The number of nitro groups is 1. The largest absolute Gasteiger partial charge is 0.358 e. The normalized spacial score (nSPS) is 17.6. The highest BCUT2D eigenvalue weighted by atomic mass is 16.6. The van der Waals surface area contributed by atoms with Crippen LogP contribution in [0.4, 0.5) is 5.82 Å². The molecule has 0 aliphatic heterocycles. The maximum atomic E-state index is 12.0. The molecule has 7 heteroatoms. The Morgan fingerprint density at radius 3 is 2.67 bits per heavy atom. The highest BCUT2D eigenvalue weighted by molar-refractivity contribution is 5.93. The molecule has 0 bridgehead atoms. The minimum Gasteiger partial charge on any atom is -0.358 e. The second-order valence-electron chi connectivity index (χ2n) is 4.66. The van der Waals surface area contributed by atoms with E-state index in [0.29, 0.717) is 6.54 Å². The quantitative estimate of drug-likeness (QED) is 0.546. The highest BCUT2D eigenvalue weighted by Gasteiger charge is 2.35. The molecule has 0 radical (unpaired) electrons. The topological polar surface area (TPSA) is 114 Å². The van der Waals surface area contributed by atoms with Crippen LogP contribution in [0.3, 0.4) is 0 Å². The Kier molecular flexibility index (Phi) is 3.33. The van der Waals surface area contributed by atoms with Crippen LogP contribution in [0.2, 0.25) is 0 Å². The Bertz CT molecular complexity index is 463. The van der Waals surface area contributed by atoms with Crippen molar-refractivity contribution in [2.24, 2.45) is 5.73 Å². The van der Waals surface area contributed by atoms with Crippen molar-refractivity contribution in [2.75, 3.05) is 6.54 Å². The van der Waals surface area contributed by atoms with Gasteiger partial charge >= 0.3 is 5.82 Å². The fourth-order valence-electron chi connectivity index (χ4n) is 2.36. The van der Waals surface area contributed by atoms with Crippen molar-refractivity contribution in [2.45, 2.75) is 31.2 Å². The Morgan fingerprint density at radius 1 is 1.50 bits per heavy atom. The third-order valence-electron chi connectivity index (χ3n) is 3.44. The van der Waals surface area contributed by atoms with Gasteiger partial charge in [-0.05, 0) is 23.8 Å². The summed E-state index contributed by atoms with van der Waals surface area (Å²) in [4.78, 5) is 24.4. The molecule has 0 aromatic carbocycles. The van der Waals surface area contributed by atoms with E-state index in [9.17, 15) is 14.9 Å². The second-order valence-corrected chi connectivity index (χ2v) is 4.66. The molecule has 0 spiro atoms. The van der Waals surface area contributed by atoms with Crippen molar-refractivity contribution in [1.29, 1.82) is 0 Å². The SMILES string of the molecule is NCC1(NC(=O)c2ccc([N+](=O)[O-])[nH]2)CCCC1. The molecule has 1 aromatic rings. The van der Waals surface area contributed by atoms with Crippen molar-refractivity contribution in [3.63, 3.8) is 0 Å². The van der Waals surface area contributed by atoms with E-state index >= 15 is 0 Å². The Morgan fingerprint density at radius 2 is 2.17 bits per heavy atom. The minimum atomic E-state index is -0.564. The Labute approximate surface area is 104 Å². The van der Waals surface area contributed by atoms with Crippen molar-refractivity contribution in [3.05, 3.63) is 27.9 Å². The van der Waals surface area contributed by atoms with Gasteiger partial charge in [-0.2, -0.15) is 0 Å². The van der Waals surface area contributed by atoms with Gasteiger partial charge in [0.2, 0.25) is 0 Å². The number of nitrogens with zero attached hydrogens (tertiary/aromatic N) is 1. The third-order valence-corrected chi connectivity index (χ3v) is 3.44. The lowest BCUT2D eigenvalue weighted by Crippen LogP contribution is -2.51. The van der Waals surface area contributed by atoms with E-state index < -0.39 is 4.92 Å². The molecule has 2 rings (SSSR count). The van der Waals surface area contributed by atoms with E-state index in [4.69, 9.17) is 5.73 Å². The molecule has 98 valence electrons. The van der Waals surface area contributed by atoms with Gasteiger partial charge in [-0.1, -0.05) is 12.8 Å². The van der Waals surface area contributed by atoms with E-state index in [0.717, 1.165) is 25.7 Å². The molecule has 1 aliphatic carbocycles. The zero-order valence-corrected chi connectivity index (χ0v) is 9.94. The first-order chi connectivity index (χ1) is 8.56. The zero-order chi connectivity index (χ0) is 13.2. The molecule has 1 fully saturated rings. The van der Waals surface area contributed by atoms with Crippen LogP contribution in [0.5, 0.6) is 0 Å². The fourth-order valence-corrected chi connectivity index (χ4v) is 2.36. The van der Waals surface area contributed by atoms with Crippen molar-refractivity contribution in [1.82, 2.24) is 10.3 Å². The summed E-state index contributed by atoms with van der Waals surface area (Å²) in [7, 11) is 0. The first-order valence-corrected chi connectivity index (χ1v) is 5.92. The van der Waals surface area contributed by atoms with Crippen molar-refractivity contribution < 1.29 is 9.72 Å². The van der Waals surface area contributed by atoms with Crippen LogP contribution in [-0.2, 0) is 0 Å². The van der Waals surface area contributed by atoms with Gasteiger partial charge in [0.15, 0.2) is 5.69 Å². The predicted molar refractivity (Wildman–Crippen MR) is 65.2 cm³/mol. The number of nitrogens with one attached hydrogen (secondary N) is 2. The number of rotatable bonds is 4. The summed E-state index contributed by atoms with van der Waals surface area (Å²) in [6.07, 6.45) is 3.81. The molecule has 0 saturated heterocycles. The first-order valence-electron chi connectivity index (χ1n) is 5.92. The molecule has 4 N–H and O–H groups in total. The molecule has 1 amide bonds. The van der Waals surface area contributed by atoms with E-state index in [1.165, 1.54) is 12.1 Å². The van der Waals surface area contributed by atoms with E-state index in [1.54, 1.807) is 0 Å². The first kappa shape index (κ1) is 12.6. The average Bonchev–Trinajstić information content (AvgIpc) is 2.98. The number of hydrogen-bond acceptors (Lipinski definition) is 4. The summed E-state index contributed by atoms with van der Waals surface area (Å²) in [6.45, 7) is 0.390. The van der Waals surface area contributed by atoms with Gasteiger partial charge < -0.3 is 21.2 Å². The summed E-state index contributed by atoms with van der Waals surface area (Å²) >= 11 is 0. The van der Waals surface area contributed by atoms with Crippen LogP contribution in [0.1, 0.15) is 36.2 Å². The van der Waals surface area contributed by atoms with Gasteiger partial charge in [-0.25, -0.2) is 4.98 Å². The maximum Gasteiger partial charge on any atom is 0.321 e. The molecule has 0 atom stereocenters. The highest BCUT2D eigenvalue weighted by Crippen LogP contribution is 2.28. The molecule has 1 aliphatic rings. The molecular weight excluding hydrogens is 236 g/mol.